The van der Waals surface area contributed by atoms with E-state index in [9.17, 15) is 0 Å². The molecule has 0 saturated heterocycles. The summed E-state index contributed by atoms with van der Waals surface area (Å²) in [6, 6.07) is 66.1. The first-order chi connectivity index (χ1) is 26.8. The van der Waals surface area contributed by atoms with Gasteiger partial charge in [0.05, 0.1) is 22.4 Å². The average molecular weight is 690 g/mol. The summed E-state index contributed by atoms with van der Waals surface area (Å²) in [5.41, 5.74) is 12.4. The van der Waals surface area contributed by atoms with E-state index in [4.69, 9.17) is 14.4 Å². The molecule has 0 radical (unpaired) electrons. The summed E-state index contributed by atoms with van der Waals surface area (Å²) in [5, 5.41) is 6.95. The molecule has 8 aromatic carbocycles. The summed E-state index contributed by atoms with van der Waals surface area (Å²) < 4.78 is 8.69. The summed E-state index contributed by atoms with van der Waals surface area (Å²) in [7, 11) is 0. The second-order valence-corrected chi connectivity index (χ2v) is 13.7. The van der Waals surface area contributed by atoms with Crippen molar-refractivity contribution in [3.05, 3.63) is 188 Å². The highest BCUT2D eigenvalue weighted by Crippen LogP contribution is 2.42. The number of nitrogens with zero attached hydrogens (tertiary/aromatic N) is 3. The van der Waals surface area contributed by atoms with Gasteiger partial charge in [-0.1, -0.05) is 158 Å². The Bertz CT molecular complexity index is 3150. The molecule has 252 valence electrons. The molecule has 0 unspecified atom stereocenters. The molecule has 11 rings (SSSR count). The first kappa shape index (κ1) is 30.3. The van der Waals surface area contributed by atoms with Crippen LogP contribution in [-0.2, 0) is 0 Å². The number of hydrogen-bond donors (Lipinski definition) is 0. The second-order valence-electron chi connectivity index (χ2n) is 13.7. The minimum absolute atomic E-state index is 0.642. The van der Waals surface area contributed by atoms with Crippen molar-refractivity contribution in [3.8, 4) is 50.7 Å². The van der Waals surface area contributed by atoms with Gasteiger partial charge in [0.15, 0.2) is 0 Å². The fourth-order valence-corrected chi connectivity index (χ4v) is 8.16. The lowest BCUT2D eigenvalue weighted by atomic mass is 9.92. The Labute approximate surface area is 311 Å². The van der Waals surface area contributed by atoms with Crippen molar-refractivity contribution in [2.24, 2.45) is 0 Å². The van der Waals surface area contributed by atoms with Crippen molar-refractivity contribution in [1.82, 2.24) is 14.5 Å². The minimum atomic E-state index is 0.642. The van der Waals surface area contributed by atoms with Crippen molar-refractivity contribution >= 4 is 54.5 Å². The van der Waals surface area contributed by atoms with E-state index in [-0.39, 0.29) is 0 Å². The molecule has 0 aliphatic carbocycles. The highest BCUT2D eigenvalue weighted by molar-refractivity contribution is 6.15. The van der Waals surface area contributed by atoms with Gasteiger partial charge in [0.25, 0.3) is 0 Å². The second kappa shape index (κ2) is 12.1. The van der Waals surface area contributed by atoms with E-state index in [1.807, 2.05) is 24.3 Å². The molecule has 0 spiro atoms. The number of para-hydroxylation sites is 3. The molecule has 0 fully saturated rings. The Hall–Kier alpha value is -7.30. The van der Waals surface area contributed by atoms with E-state index in [2.05, 4.69) is 168 Å². The summed E-state index contributed by atoms with van der Waals surface area (Å²) in [4.78, 5) is 10.4. The average Bonchev–Trinajstić information content (AvgIpc) is 3.79. The fourth-order valence-electron chi connectivity index (χ4n) is 8.16. The van der Waals surface area contributed by atoms with Gasteiger partial charge in [-0.15, -0.1) is 0 Å². The number of rotatable bonds is 5. The predicted octanol–water partition coefficient (Wildman–Crippen LogP) is 13.3. The number of fused-ring (bicyclic) bond motifs is 7. The summed E-state index contributed by atoms with van der Waals surface area (Å²) in [5.74, 6) is 0.642. The number of hydrogen-bond acceptors (Lipinski definition) is 3. The monoisotopic (exact) mass is 689 g/mol. The van der Waals surface area contributed by atoms with E-state index in [0.29, 0.717) is 5.95 Å². The van der Waals surface area contributed by atoms with Crippen LogP contribution in [0, 0.1) is 0 Å². The van der Waals surface area contributed by atoms with Crippen LogP contribution in [0.5, 0.6) is 0 Å². The number of furan rings is 1. The van der Waals surface area contributed by atoms with E-state index >= 15 is 0 Å². The Morgan fingerprint density at radius 2 is 0.907 bits per heavy atom. The van der Waals surface area contributed by atoms with Crippen LogP contribution in [0.1, 0.15) is 0 Å². The standard InChI is InChI=1S/C50H31N3O/c1-3-14-32(15-4-1)44-31-45(33-16-5-2-6-17-33)52-50(51-44)53-46-26-9-7-18-39(46)43-30-34(28-29-47(43)53)35-20-11-22-37-36(35)21-12-23-38(37)41-24-13-25-42-40-19-8-10-27-48(40)54-49(41)42/h1-31H. The van der Waals surface area contributed by atoms with Gasteiger partial charge >= 0.3 is 0 Å². The summed E-state index contributed by atoms with van der Waals surface area (Å²) >= 11 is 0. The molecular formula is C50H31N3O. The topological polar surface area (TPSA) is 43.9 Å². The third-order valence-electron chi connectivity index (χ3n) is 10.7. The Balaban J connectivity index is 1.10. The molecule has 0 bridgehead atoms. The maximum Gasteiger partial charge on any atom is 0.235 e. The summed E-state index contributed by atoms with van der Waals surface area (Å²) in [6.45, 7) is 0. The SMILES string of the molecule is c1ccc(-c2cc(-c3ccccc3)nc(-n3c4ccccc4c4cc(-c5cccc6c(-c7cccc8c7oc7ccccc78)cccc56)ccc43)n2)cc1. The predicted molar refractivity (Wildman–Crippen MR) is 223 cm³/mol. The van der Waals surface area contributed by atoms with Crippen LogP contribution in [0.2, 0.25) is 0 Å². The van der Waals surface area contributed by atoms with Gasteiger partial charge < -0.3 is 4.42 Å². The van der Waals surface area contributed by atoms with Gasteiger partial charge in [-0.25, -0.2) is 9.97 Å². The third kappa shape index (κ3) is 4.78. The zero-order chi connectivity index (χ0) is 35.6. The molecule has 0 N–H and O–H groups in total. The van der Waals surface area contributed by atoms with Gasteiger partial charge in [0, 0.05) is 38.2 Å². The molecule has 0 atom stereocenters. The van der Waals surface area contributed by atoms with E-state index < -0.39 is 0 Å². The normalized spacial score (nSPS) is 11.7. The lowest BCUT2D eigenvalue weighted by Gasteiger charge is -2.13. The fraction of sp³-hybridized carbons (Fsp3) is 0. The van der Waals surface area contributed by atoms with Crippen LogP contribution in [0.4, 0.5) is 0 Å². The van der Waals surface area contributed by atoms with Gasteiger partial charge in [0.2, 0.25) is 5.95 Å². The molecule has 54 heavy (non-hydrogen) atoms. The van der Waals surface area contributed by atoms with Gasteiger partial charge in [0.1, 0.15) is 11.2 Å². The minimum Gasteiger partial charge on any atom is -0.455 e. The van der Waals surface area contributed by atoms with Crippen molar-refractivity contribution in [2.45, 2.75) is 0 Å². The van der Waals surface area contributed by atoms with E-state index in [1.165, 1.54) is 16.3 Å². The summed E-state index contributed by atoms with van der Waals surface area (Å²) in [6.07, 6.45) is 0. The van der Waals surface area contributed by atoms with Crippen LogP contribution >= 0.6 is 0 Å². The zero-order valence-corrected chi connectivity index (χ0v) is 29.1. The van der Waals surface area contributed by atoms with Crippen LogP contribution in [0.25, 0.3) is 105 Å². The van der Waals surface area contributed by atoms with Crippen LogP contribution in [0.3, 0.4) is 0 Å². The maximum absolute atomic E-state index is 6.48. The molecule has 11 aromatic rings. The highest BCUT2D eigenvalue weighted by atomic mass is 16.3. The number of benzene rings is 8. The Kier molecular flexibility index (Phi) is 6.82. The van der Waals surface area contributed by atoms with Gasteiger partial charge in [-0.2, -0.15) is 0 Å². The molecule has 4 nitrogen and oxygen atoms in total. The van der Waals surface area contributed by atoms with Crippen molar-refractivity contribution in [2.75, 3.05) is 0 Å². The van der Waals surface area contributed by atoms with Crippen molar-refractivity contribution in [1.29, 1.82) is 0 Å². The van der Waals surface area contributed by atoms with Crippen LogP contribution in [-0.4, -0.2) is 14.5 Å². The molecular weight excluding hydrogens is 659 g/mol. The highest BCUT2D eigenvalue weighted by Gasteiger charge is 2.19. The maximum atomic E-state index is 6.48. The van der Waals surface area contributed by atoms with Crippen molar-refractivity contribution in [3.63, 3.8) is 0 Å². The molecule has 0 saturated carbocycles. The molecule has 0 amide bonds. The Morgan fingerprint density at radius 3 is 1.65 bits per heavy atom. The molecule has 3 aromatic heterocycles. The zero-order valence-electron chi connectivity index (χ0n) is 29.1. The Morgan fingerprint density at radius 1 is 0.352 bits per heavy atom. The van der Waals surface area contributed by atoms with E-state index in [0.717, 1.165) is 82.9 Å². The molecule has 3 heterocycles. The lowest BCUT2D eigenvalue weighted by molar-refractivity contribution is 0.670. The van der Waals surface area contributed by atoms with Gasteiger partial charge in [-0.3, -0.25) is 4.57 Å². The number of aromatic nitrogens is 3. The van der Waals surface area contributed by atoms with Gasteiger partial charge in [-0.05, 0) is 57.8 Å². The van der Waals surface area contributed by atoms with E-state index in [1.54, 1.807) is 0 Å². The molecule has 0 aliphatic rings. The van der Waals surface area contributed by atoms with Crippen molar-refractivity contribution < 1.29 is 4.42 Å². The van der Waals surface area contributed by atoms with Crippen LogP contribution in [0.15, 0.2) is 192 Å². The first-order valence-corrected chi connectivity index (χ1v) is 18.2. The molecule has 4 heteroatoms. The smallest absolute Gasteiger partial charge is 0.235 e. The van der Waals surface area contributed by atoms with Crippen LogP contribution < -0.4 is 0 Å². The lowest BCUT2D eigenvalue weighted by Crippen LogP contribution is -2.03. The largest absolute Gasteiger partial charge is 0.455 e. The molecule has 0 aliphatic heterocycles. The third-order valence-corrected chi connectivity index (χ3v) is 10.7. The first-order valence-electron chi connectivity index (χ1n) is 18.2. The quantitative estimate of drug-likeness (QED) is 0.181.